The fourth-order valence-corrected chi connectivity index (χ4v) is 3.05. The highest BCUT2D eigenvalue weighted by Crippen LogP contribution is 2.24. The summed E-state index contributed by atoms with van der Waals surface area (Å²) in [7, 11) is 0. The molecule has 3 nitrogen and oxygen atoms in total. The Balaban J connectivity index is 0.00000200. The molecule has 0 amide bonds. The zero-order chi connectivity index (χ0) is 13.7. The Hall–Kier alpha value is -0.770. The molecular weight excluding hydrogens is 272 g/mol. The van der Waals surface area contributed by atoms with E-state index in [4.69, 9.17) is 5.73 Å². The zero-order valence-electron chi connectivity index (χ0n) is 12.3. The Morgan fingerprint density at radius 2 is 2.00 bits per heavy atom. The number of nitrogen functional groups attached to an aromatic ring is 1. The van der Waals surface area contributed by atoms with Gasteiger partial charge >= 0.3 is 0 Å². The van der Waals surface area contributed by atoms with Gasteiger partial charge in [-0.3, -0.25) is 4.90 Å². The predicted octanol–water partition coefficient (Wildman–Crippen LogP) is 3.21. The first-order valence-corrected chi connectivity index (χ1v) is 7.41. The molecule has 0 bridgehead atoms. The summed E-state index contributed by atoms with van der Waals surface area (Å²) in [5.74, 6) is 0. The van der Waals surface area contributed by atoms with Gasteiger partial charge in [-0.05, 0) is 37.5 Å². The van der Waals surface area contributed by atoms with Gasteiger partial charge in [0, 0.05) is 24.8 Å². The summed E-state index contributed by atoms with van der Waals surface area (Å²) in [4.78, 5) is 2.43. The lowest BCUT2D eigenvalue weighted by Crippen LogP contribution is -2.40. The highest BCUT2D eigenvalue weighted by atomic mass is 35.5. The fourth-order valence-electron chi connectivity index (χ4n) is 3.05. The lowest BCUT2D eigenvalue weighted by atomic mass is 9.93. The molecule has 2 rings (SSSR count). The molecular formula is C16H27ClN2O. The van der Waals surface area contributed by atoms with Crippen LogP contribution in [0.2, 0.25) is 0 Å². The molecule has 0 radical (unpaired) electrons. The van der Waals surface area contributed by atoms with Gasteiger partial charge in [-0.1, -0.05) is 31.4 Å². The molecule has 1 unspecified atom stereocenters. The summed E-state index contributed by atoms with van der Waals surface area (Å²) >= 11 is 0. The van der Waals surface area contributed by atoms with Gasteiger partial charge in [0.25, 0.3) is 0 Å². The minimum Gasteiger partial charge on any atom is -0.399 e. The number of nitrogens with two attached hydrogens (primary N) is 1. The number of benzene rings is 1. The van der Waals surface area contributed by atoms with Crippen LogP contribution in [0.25, 0.3) is 0 Å². The second-order valence-corrected chi connectivity index (χ2v) is 5.82. The average Bonchev–Trinajstić information content (AvgIpc) is 2.38. The summed E-state index contributed by atoms with van der Waals surface area (Å²) in [6, 6.07) is 8.70. The third-order valence-electron chi connectivity index (χ3n) is 3.93. The summed E-state index contributed by atoms with van der Waals surface area (Å²) in [6.45, 7) is 3.51. The first kappa shape index (κ1) is 17.3. The number of aliphatic hydroxyl groups excluding tert-OH is 1. The van der Waals surface area contributed by atoms with Gasteiger partial charge in [-0.2, -0.15) is 0 Å². The van der Waals surface area contributed by atoms with E-state index in [1.54, 1.807) is 0 Å². The van der Waals surface area contributed by atoms with Gasteiger partial charge in [0.2, 0.25) is 0 Å². The van der Waals surface area contributed by atoms with Gasteiger partial charge in [-0.25, -0.2) is 0 Å². The van der Waals surface area contributed by atoms with Gasteiger partial charge in [0.1, 0.15) is 0 Å². The number of anilines is 1. The third kappa shape index (κ3) is 5.31. The summed E-state index contributed by atoms with van der Waals surface area (Å²) in [5.41, 5.74) is 7.91. The van der Waals surface area contributed by atoms with E-state index in [9.17, 15) is 5.11 Å². The van der Waals surface area contributed by atoms with Crippen LogP contribution < -0.4 is 5.73 Å². The normalized spacial score (nSPS) is 17.8. The van der Waals surface area contributed by atoms with Crippen LogP contribution in [-0.4, -0.2) is 28.7 Å². The molecule has 0 aromatic heterocycles. The molecule has 1 aliphatic carbocycles. The van der Waals surface area contributed by atoms with Crippen LogP contribution in [0.15, 0.2) is 24.3 Å². The first-order chi connectivity index (χ1) is 9.15. The van der Waals surface area contributed by atoms with E-state index >= 15 is 0 Å². The number of rotatable bonds is 5. The van der Waals surface area contributed by atoms with Crippen molar-refractivity contribution in [2.45, 2.75) is 57.7 Å². The molecule has 1 aliphatic rings. The lowest BCUT2D eigenvalue weighted by Gasteiger charge is -2.35. The van der Waals surface area contributed by atoms with E-state index in [1.165, 1.54) is 37.7 Å². The molecule has 1 aromatic rings. The van der Waals surface area contributed by atoms with Crippen molar-refractivity contribution >= 4 is 18.1 Å². The van der Waals surface area contributed by atoms with Crippen molar-refractivity contribution < 1.29 is 5.11 Å². The monoisotopic (exact) mass is 298 g/mol. The Kier molecular flexibility index (Phi) is 7.35. The molecule has 3 N–H and O–H groups in total. The van der Waals surface area contributed by atoms with E-state index in [0.29, 0.717) is 6.04 Å². The van der Waals surface area contributed by atoms with Gasteiger partial charge < -0.3 is 10.8 Å². The summed E-state index contributed by atoms with van der Waals surface area (Å²) < 4.78 is 0. The Bertz CT molecular complexity index is 392. The summed E-state index contributed by atoms with van der Waals surface area (Å²) in [6.07, 6.45) is 6.24. The van der Waals surface area contributed by atoms with E-state index < -0.39 is 0 Å². The maximum absolute atomic E-state index is 9.72. The molecule has 1 aromatic carbocycles. The highest BCUT2D eigenvalue weighted by Gasteiger charge is 2.22. The minimum absolute atomic E-state index is 0. The Labute approximate surface area is 128 Å². The summed E-state index contributed by atoms with van der Waals surface area (Å²) in [5, 5.41) is 9.72. The second-order valence-electron chi connectivity index (χ2n) is 5.82. The second kappa shape index (κ2) is 8.50. The number of halogens is 1. The van der Waals surface area contributed by atoms with E-state index in [-0.39, 0.29) is 18.5 Å². The van der Waals surface area contributed by atoms with Crippen LogP contribution in [0.3, 0.4) is 0 Å². The van der Waals surface area contributed by atoms with Crippen molar-refractivity contribution in [2.75, 3.05) is 12.3 Å². The maximum Gasteiger partial charge on any atom is 0.0639 e. The van der Waals surface area contributed by atoms with Crippen LogP contribution in [0.1, 0.15) is 44.6 Å². The average molecular weight is 299 g/mol. The molecule has 0 spiro atoms. The molecule has 114 valence electrons. The maximum atomic E-state index is 9.72. The van der Waals surface area contributed by atoms with Crippen LogP contribution in [0.4, 0.5) is 5.69 Å². The van der Waals surface area contributed by atoms with Crippen LogP contribution in [0.5, 0.6) is 0 Å². The number of hydrogen-bond donors (Lipinski definition) is 2. The third-order valence-corrected chi connectivity index (χ3v) is 3.93. The molecule has 0 saturated heterocycles. The van der Waals surface area contributed by atoms with Crippen molar-refractivity contribution in [1.29, 1.82) is 0 Å². The standard InChI is InChI=1S/C16H26N2O.ClH/c1-13(19)11-18(16-8-3-2-4-9-16)12-14-6-5-7-15(17)10-14;/h5-7,10,13,16,19H,2-4,8-9,11-12,17H2,1H3;1H. The van der Waals surface area contributed by atoms with Gasteiger partial charge in [0.05, 0.1) is 6.10 Å². The van der Waals surface area contributed by atoms with E-state index in [0.717, 1.165) is 18.8 Å². The Morgan fingerprint density at radius 3 is 2.60 bits per heavy atom. The Morgan fingerprint density at radius 1 is 1.30 bits per heavy atom. The van der Waals surface area contributed by atoms with E-state index in [2.05, 4.69) is 11.0 Å². The van der Waals surface area contributed by atoms with Gasteiger partial charge in [0.15, 0.2) is 0 Å². The SMILES string of the molecule is CC(O)CN(Cc1cccc(N)c1)C1CCCCC1.Cl. The molecule has 1 fully saturated rings. The van der Waals surface area contributed by atoms with Crippen LogP contribution in [-0.2, 0) is 6.54 Å². The molecule has 20 heavy (non-hydrogen) atoms. The highest BCUT2D eigenvalue weighted by molar-refractivity contribution is 5.85. The molecule has 1 saturated carbocycles. The topological polar surface area (TPSA) is 49.5 Å². The van der Waals surface area contributed by atoms with Crippen LogP contribution >= 0.6 is 12.4 Å². The minimum atomic E-state index is -0.275. The molecule has 1 atom stereocenters. The molecule has 0 heterocycles. The predicted molar refractivity (Wildman–Crippen MR) is 87.1 cm³/mol. The largest absolute Gasteiger partial charge is 0.399 e. The smallest absolute Gasteiger partial charge is 0.0639 e. The van der Waals surface area contributed by atoms with Gasteiger partial charge in [-0.15, -0.1) is 12.4 Å². The van der Waals surface area contributed by atoms with Crippen molar-refractivity contribution in [3.05, 3.63) is 29.8 Å². The van der Waals surface area contributed by atoms with Crippen molar-refractivity contribution in [3.8, 4) is 0 Å². The first-order valence-electron chi connectivity index (χ1n) is 7.41. The number of aliphatic hydroxyl groups is 1. The quantitative estimate of drug-likeness (QED) is 0.821. The molecule has 0 aliphatic heterocycles. The van der Waals surface area contributed by atoms with Crippen molar-refractivity contribution in [3.63, 3.8) is 0 Å². The number of nitrogens with zero attached hydrogens (tertiary/aromatic N) is 1. The zero-order valence-corrected chi connectivity index (χ0v) is 13.1. The lowest BCUT2D eigenvalue weighted by molar-refractivity contribution is 0.0769. The van der Waals surface area contributed by atoms with Crippen LogP contribution in [0, 0.1) is 0 Å². The molecule has 4 heteroatoms. The van der Waals surface area contributed by atoms with Crippen molar-refractivity contribution in [2.24, 2.45) is 0 Å². The van der Waals surface area contributed by atoms with Crippen molar-refractivity contribution in [1.82, 2.24) is 4.90 Å². The van der Waals surface area contributed by atoms with E-state index in [1.807, 2.05) is 25.1 Å². The number of hydrogen-bond acceptors (Lipinski definition) is 3. The fraction of sp³-hybridized carbons (Fsp3) is 0.625.